The van der Waals surface area contributed by atoms with E-state index in [0.717, 1.165) is 46.9 Å². The van der Waals surface area contributed by atoms with Crippen LogP contribution in [0.1, 0.15) is 59.4 Å². The number of carbonyl (C=O) groups excluding carboxylic acids is 1. The van der Waals surface area contributed by atoms with Crippen LogP contribution in [0.5, 0.6) is 0 Å². The number of nitrogens with zero attached hydrogens (tertiary/aromatic N) is 3. The lowest BCUT2D eigenvalue weighted by atomic mass is 10.0. The van der Waals surface area contributed by atoms with Crippen molar-refractivity contribution >= 4 is 34.4 Å². The first kappa shape index (κ1) is 27.4. The molecule has 0 bridgehead atoms. The summed E-state index contributed by atoms with van der Waals surface area (Å²) in [5, 5.41) is 14.4. The number of amides is 1. The normalized spacial score (nSPS) is 17.3. The molecule has 2 aliphatic heterocycles. The molecule has 1 fully saturated rings. The fraction of sp³-hybridized carbons (Fsp3) is 0.333. The van der Waals surface area contributed by atoms with Crippen LogP contribution in [0, 0.1) is 18.7 Å². The first-order valence-electron chi connectivity index (χ1n) is 14.3. The fourth-order valence-corrected chi connectivity index (χ4v) is 7.26. The number of anilines is 3. The number of nitrogens with one attached hydrogen (secondary N) is 1. The molecule has 2 atom stereocenters. The Kier molecular flexibility index (Phi) is 7.53. The lowest BCUT2D eigenvalue weighted by Crippen LogP contribution is -2.35. The fourth-order valence-electron chi connectivity index (χ4n) is 6.12. The second-order valence-corrected chi connectivity index (χ2v) is 12.3. The molecule has 212 valence electrons. The van der Waals surface area contributed by atoms with E-state index in [2.05, 4.69) is 24.1 Å². The molecular formula is C33H35FN4O2S. The minimum absolute atomic E-state index is 0.208. The topological polar surface area (TPSA) is 68.7 Å². The number of aryl methyl sites for hydroxylation is 1. The lowest BCUT2D eigenvalue weighted by molar-refractivity contribution is 0.103. The number of aliphatic hydroxyl groups is 1. The Balaban J connectivity index is 1.29. The number of fused-ring (bicyclic) bond motifs is 3. The largest absolute Gasteiger partial charge is 0.368 e. The van der Waals surface area contributed by atoms with E-state index >= 15 is 0 Å². The highest BCUT2D eigenvalue weighted by Gasteiger charge is 2.31. The minimum Gasteiger partial charge on any atom is -0.368 e. The van der Waals surface area contributed by atoms with Gasteiger partial charge < -0.3 is 20.2 Å². The lowest BCUT2D eigenvalue weighted by Gasteiger charge is -2.32. The van der Waals surface area contributed by atoms with Gasteiger partial charge in [0, 0.05) is 35.3 Å². The van der Waals surface area contributed by atoms with E-state index < -0.39 is 12.0 Å². The van der Waals surface area contributed by atoms with Crippen LogP contribution in [0.25, 0.3) is 10.4 Å². The van der Waals surface area contributed by atoms with Crippen LogP contribution in [0.15, 0.2) is 66.7 Å². The summed E-state index contributed by atoms with van der Waals surface area (Å²) in [6, 6.07) is 21.0. The van der Waals surface area contributed by atoms with Crippen molar-refractivity contribution in [2.45, 2.75) is 52.3 Å². The van der Waals surface area contributed by atoms with E-state index in [4.69, 9.17) is 4.98 Å². The molecule has 2 aromatic carbocycles. The Bertz CT molecular complexity index is 1560. The second-order valence-electron chi connectivity index (χ2n) is 11.3. The first-order chi connectivity index (χ1) is 19.8. The van der Waals surface area contributed by atoms with Crippen LogP contribution in [-0.2, 0) is 6.42 Å². The molecule has 2 aromatic heterocycles. The molecule has 2 aliphatic rings. The molecule has 8 heteroatoms. The summed E-state index contributed by atoms with van der Waals surface area (Å²) >= 11 is 1.40. The molecule has 1 saturated heterocycles. The van der Waals surface area contributed by atoms with Crippen molar-refractivity contribution < 1.29 is 14.3 Å². The number of aliphatic hydroxyl groups excluding tert-OH is 1. The molecule has 0 radical (unpaired) electrons. The molecule has 2 N–H and O–H groups in total. The Morgan fingerprint density at radius 2 is 1.90 bits per heavy atom. The van der Waals surface area contributed by atoms with Crippen molar-refractivity contribution in [2.75, 3.05) is 28.2 Å². The summed E-state index contributed by atoms with van der Waals surface area (Å²) < 4.78 is 14.4. The molecule has 0 aliphatic carbocycles. The van der Waals surface area contributed by atoms with Crippen molar-refractivity contribution in [1.82, 2.24) is 4.98 Å². The number of pyridine rings is 1. The Morgan fingerprint density at radius 3 is 2.71 bits per heavy atom. The molecule has 6 nitrogen and oxygen atoms in total. The first-order valence-corrected chi connectivity index (χ1v) is 15.1. The Morgan fingerprint density at radius 1 is 1.10 bits per heavy atom. The third-order valence-electron chi connectivity index (χ3n) is 8.25. The summed E-state index contributed by atoms with van der Waals surface area (Å²) in [4.78, 5) is 24.0. The van der Waals surface area contributed by atoms with E-state index in [1.54, 1.807) is 19.1 Å². The summed E-state index contributed by atoms with van der Waals surface area (Å²) in [6.45, 7) is 7.82. The van der Waals surface area contributed by atoms with Gasteiger partial charge in [0.1, 0.15) is 11.6 Å². The summed E-state index contributed by atoms with van der Waals surface area (Å²) in [7, 11) is 0. The van der Waals surface area contributed by atoms with Gasteiger partial charge in [-0.1, -0.05) is 50.2 Å². The molecule has 41 heavy (non-hydrogen) atoms. The summed E-state index contributed by atoms with van der Waals surface area (Å²) in [6.07, 6.45) is 2.04. The van der Waals surface area contributed by atoms with E-state index in [-0.39, 0.29) is 11.6 Å². The Hall–Kier alpha value is -3.75. The maximum Gasteiger partial charge on any atom is 0.265 e. The molecule has 0 saturated carbocycles. The zero-order chi connectivity index (χ0) is 28.7. The van der Waals surface area contributed by atoms with Crippen LogP contribution in [0.3, 0.4) is 0 Å². The maximum atomic E-state index is 14.4. The molecule has 6 rings (SSSR count). The number of rotatable bonds is 6. The molecule has 4 aromatic rings. The van der Waals surface area contributed by atoms with Crippen LogP contribution < -0.4 is 15.1 Å². The van der Waals surface area contributed by atoms with Crippen molar-refractivity contribution in [3.63, 3.8) is 0 Å². The standard InChI is InChI=1S/C33H35FN4O2S/c1-20(2)26-14-8-17-37(26)29-15-7-12-25(35-29)33(40)38-18-16-22-19-28(41-31(22)23-10-4-5-13-27(23)38)32(39)36-30-21(3)9-6-11-24(30)34/h4-7,9-13,15,19-20,26,33,40H,8,14,16-18H2,1-3H3,(H,36,39)/t26-,33?/m1/s1. The molecule has 4 heterocycles. The van der Waals surface area contributed by atoms with Crippen molar-refractivity contribution in [2.24, 2.45) is 5.92 Å². The highest BCUT2D eigenvalue weighted by Crippen LogP contribution is 2.43. The average Bonchev–Trinajstić information content (AvgIpc) is 3.61. The van der Waals surface area contributed by atoms with E-state index in [9.17, 15) is 14.3 Å². The van der Waals surface area contributed by atoms with Crippen LogP contribution >= 0.6 is 11.3 Å². The maximum absolute atomic E-state index is 14.4. The van der Waals surface area contributed by atoms with Gasteiger partial charge >= 0.3 is 0 Å². The highest BCUT2D eigenvalue weighted by molar-refractivity contribution is 7.17. The van der Waals surface area contributed by atoms with Gasteiger partial charge in [-0.3, -0.25) is 4.79 Å². The van der Waals surface area contributed by atoms with Crippen molar-refractivity contribution in [3.05, 3.63) is 94.2 Å². The number of halogens is 1. The van der Waals surface area contributed by atoms with Gasteiger partial charge in [0.25, 0.3) is 5.91 Å². The van der Waals surface area contributed by atoms with Gasteiger partial charge in [0.2, 0.25) is 0 Å². The van der Waals surface area contributed by atoms with Gasteiger partial charge in [0.15, 0.2) is 6.23 Å². The number of thiophene rings is 1. The number of carbonyl (C=O) groups is 1. The predicted octanol–water partition coefficient (Wildman–Crippen LogP) is 7.19. The van der Waals surface area contributed by atoms with E-state index in [1.807, 2.05) is 53.4 Å². The van der Waals surface area contributed by atoms with Gasteiger partial charge in [-0.05, 0) is 73.6 Å². The summed E-state index contributed by atoms with van der Waals surface area (Å²) in [5.41, 5.74) is 4.39. The monoisotopic (exact) mass is 570 g/mol. The third-order valence-corrected chi connectivity index (χ3v) is 9.46. The SMILES string of the molecule is Cc1cccc(F)c1NC(=O)c1cc2c(s1)-c1ccccc1N(C(O)c1cccc(N3CCC[C@@H]3C(C)C)n1)CC2. The second kappa shape index (κ2) is 11.3. The Labute approximate surface area is 244 Å². The number of hydrogen-bond acceptors (Lipinski definition) is 6. The number of hydrogen-bond donors (Lipinski definition) is 2. The predicted molar refractivity (Wildman–Crippen MR) is 164 cm³/mol. The zero-order valence-corrected chi connectivity index (χ0v) is 24.4. The van der Waals surface area contributed by atoms with Crippen LogP contribution in [0.4, 0.5) is 21.6 Å². The molecule has 1 amide bonds. The quantitative estimate of drug-likeness (QED) is 0.257. The zero-order valence-electron chi connectivity index (χ0n) is 23.6. The molecular weight excluding hydrogens is 535 g/mol. The van der Waals surface area contributed by atoms with Gasteiger partial charge in [-0.15, -0.1) is 11.3 Å². The van der Waals surface area contributed by atoms with E-state index in [1.165, 1.54) is 17.4 Å². The minimum atomic E-state index is -0.919. The third kappa shape index (κ3) is 5.22. The number of para-hydroxylation sites is 2. The van der Waals surface area contributed by atoms with Crippen LogP contribution in [-0.4, -0.2) is 35.1 Å². The van der Waals surface area contributed by atoms with Gasteiger partial charge in [-0.25, -0.2) is 9.37 Å². The highest BCUT2D eigenvalue weighted by atomic mass is 32.1. The number of benzene rings is 2. The number of aromatic nitrogens is 1. The van der Waals surface area contributed by atoms with Crippen molar-refractivity contribution in [1.29, 1.82) is 0 Å². The average molecular weight is 571 g/mol. The van der Waals surface area contributed by atoms with Crippen LogP contribution in [0.2, 0.25) is 0 Å². The summed E-state index contributed by atoms with van der Waals surface area (Å²) in [5.74, 6) is 0.676. The van der Waals surface area contributed by atoms with Gasteiger partial charge in [0.05, 0.1) is 16.3 Å². The smallest absolute Gasteiger partial charge is 0.265 e. The molecule has 1 unspecified atom stereocenters. The molecule has 0 spiro atoms. The van der Waals surface area contributed by atoms with Gasteiger partial charge in [-0.2, -0.15) is 0 Å². The van der Waals surface area contributed by atoms with Crippen molar-refractivity contribution in [3.8, 4) is 10.4 Å². The van der Waals surface area contributed by atoms with E-state index in [0.29, 0.717) is 41.1 Å².